The van der Waals surface area contributed by atoms with Crippen LogP contribution in [-0.4, -0.2) is 25.5 Å². The van der Waals surface area contributed by atoms with E-state index in [9.17, 15) is 9.59 Å². The molecule has 26 heavy (non-hydrogen) atoms. The van der Waals surface area contributed by atoms with Gasteiger partial charge in [-0.15, -0.1) is 0 Å². The van der Waals surface area contributed by atoms with Crippen molar-refractivity contribution in [2.75, 3.05) is 5.32 Å². The number of fused-ring (bicyclic) bond motifs is 1. The monoisotopic (exact) mass is 345 g/mol. The van der Waals surface area contributed by atoms with Crippen LogP contribution in [0.15, 0.2) is 65.5 Å². The largest absolute Gasteiger partial charge is 0.291 e. The molecular formula is C19H15N5O2. The van der Waals surface area contributed by atoms with Gasteiger partial charge in [0.15, 0.2) is 0 Å². The van der Waals surface area contributed by atoms with E-state index < -0.39 is 0 Å². The third-order valence-corrected chi connectivity index (χ3v) is 4.02. The molecule has 0 aliphatic heterocycles. The fourth-order valence-electron chi connectivity index (χ4n) is 2.70. The van der Waals surface area contributed by atoms with E-state index >= 15 is 0 Å². The summed E-state index contributed by atoms with van der Waals surface area (Å²) in [6.07, 6.45) is 0. The molecule has 2 aromatic heterocycles. The van der Waals surface area contributed by atoms with Crippen LogP contribution >= 0.6 is 0 Å². The van der Waals surface area contributed by atoms with E-state index in [0.29, 0.717) is 11.3 Å². The molecule has 0 unspecified atom stereocenters. The number of carbonyl (C=O) groups is 1. The minimum absolute atomic E-state index is 0.160. The van der Waals surface area contributed by atoms with Crippen LogP contribution in [0.5, 0.6) is 0 Å². The van der Waals surface area contributed by atoms with Gasteiger partial charge in [0.1, 0.15) is 0 Å². The number of nitrogens with one attached hydrogen (secondary N) is 2. The average molecular weight is 345 g/mol. The summed E-state index contributed by atoms with van der Waals surface area (Å²) >= 11 is 0. The maximum atomic E-state index is 12.4. The second-order valence-corrected chi connectivity index (χ2v) is 5.82. The zero-order valence-electron chi connectivity index (χ0n) is 13.9. The summed E-state index contributed by atoms with van der Waals surface area (Å²) in [6, 6.07) is 18.0. The third kappa shape index (κ3) is 2.86. The van der Waals surface area contributed by atoms with Crippen LogP contribution in [0.1, 0.15) is 15.9 Å². The van der Waals surface area contributed by atoms with E-state index in [1.54, 1.807) is 12.1 Å². The highest BCUT2D eigenvalue weighted by Gasteiger charge is 2.13. The second kappa shape index (κ2) is 6.29. The Morgan fingerprint density at radius 2 is 1.77 bits per heavy atom. The lowest BCUT2D eigenvalue weighted by molar-refractivity contribution is 0.102. The zero-order chi connectivity index (χ0) is 18.1. The van der Waals surface area contributed by atoms with Gasteiger partial charge in [-0.3, -0.25) is 20.0 Å². The van der Waals surface area contributed by atoms with Crippen LogP contribution in [0.3, 0.4) is 0 Å². The average Bonchev–Trinajstić information content (AvgIpc) is 3.06. The molecule has 1 amide bonds. The van der Waals surface area contributed by atoms with Gasteiger partial charge in [-0.2, -0.15) is 9.50 Å². The van der Waals surface area contributed by atoms with Gasteiger partial charge >= 0.3 is 0 Å². The Morgan fingerprint density at radius 1 is 1.04 bits per heavy atom. The maximum Gasteiger partial charge on any atom is 0.274 e. The number of anilines is 1. The molecule has 7 heteroatoms. The molecule has 0 saturated heterocycles. The quantitative estimate of drug-likeness (QED) is 0.597. The van der Waals surface area contributed by atoms with Gasteiger partial charge in [-0.1, -0.05) is 48.5 Å². The number of amides is 1. The molecule has 4 aromatic rings. The fraction of sp³-hybridized carbons (Fsp3) is 0.0526. The Bertz CT molecular complexity index is 1160. The molecular weight excluding hydrogens is 330 g/mol. The van der Waals surface area contributed by atoms with E-state index in [4.69, 9.17) is 0 Å². The molecule has 0 bridgehead atoms. The highest BCUT2D eigenvalue weighted by Crippen LogP contribution is 2.15. The summed E-state index contributed by atoms with van der Waals surface area (Å²) in [7, 11) is 0. The van der Waals surface area contributed by atoms with Gasteiger partial charge < -0.3 is 0 Å². The Kier molecular flexibility index (Phi) is 3.81. The first kappa shape index (κ1) is 15.8. The van der Waals surface area contributed by atoms with Crippen molar-refractivity contribution in [2.24, 2.45) is 0 Å². The van der Waals surface area contributed by atoms with E-state index in [1.807, 2.05) is 49.4 Å². The van der Waals surface area contributed by atoms with E-state index in [2.05, 4.69) is 20.4 Å². The molecule has 0 radical (unpaired) electrons. The van der Waals surface area contributed by atoms with E-state index in [0.717, 1.165) is 11.1 Å². The zero-order valence-corrected chi connectivity index (χ0v) is 13.9. The van der Waals surface area contributed by atoms with Crippen LogP contribution in [0.2, 0.25) is 0 Å². The lowest BCUT2D eigenvalue weighted by atomic mass is 10.1. The third-order valence-electron chi connectivity index (χ3n) is 4.02. The van der Waals surface area contributed by atoms with E-state index in [-0.39, 0.29) is 23.2 Å². The van der Waals surface area contributed by atoms with Gasteiger partial charge in [0, 0.05) is 17.2 Å². The highest BCUT2D eigenvalue weighted by molar-refractivity contribution is 6.04. The molecule has 0 spiro atoms. The number of benzene rings is 2. The minimum atomic E-state index is -0.308. The van der Waals surface area contributed by atoms with Crippen molar-refractivity contribution in [1.82, 2.24) is 19.6 Å². The molecule has 0 aliphatic carbocycles. The summed E-state index contributed by atoms with van der Waals surface area (Å²) in [5, 5.41) is 5.43. The highest BCUT2D eigenvalue weighted by atomic mass is 16.2. The van der Waals surface area contributed by atoms with Crippen molar-refractivity contribution in [3.05, 3.63) is 82.1 Å². The molecule has 0 aliphatic rings. The first-order valence-corrected chi connectivity index (χ1v) is 8.04. The van der Waals surface area contributed by atoms with Crippen LogP contribution in [0, 0.1) is 6.92 Å². The Hall–Kier alpha value is -3.74. The predicted molar refractivity (Wildman–Crippen MR) is 98.2 cm³/mol. The fourth-order valence-corrected chi connectivity index (χ4v) is 2.70. The van der Waals surface area contributed by atoms with Gasteiger partial charge in [0.05, 0.1) is 5.69 Å². The lowest BCUT2D eigenvalue weighted by Crippen LogP contribution is -2.16. The molecule has 2 N–H and O–H groups in total. The number of aryl methyl sites for hydroxylation is 1. The normalized spacial score (nSPS) is 10.8. The van der Waals surface area contributed by atoms with Gasteiger partial charge in [-0.05, 0) is 18.6 Å². The SMILES string of the molecule is Cc1ccccc1C(=O)Nc1nc2nc(-c3ccccc3)cc(=O)n2[nH]1. The molecule has 7 nitrogen and oxygen atoms in total. The van der Waals surface area contributed by atoms with E-state index in [1.165, 1.54) is 10.6 Å². The second-order valence-electron chi connectivity index (χ2n) is 5.82. The number of H-pyrrole nitrogens is 1. The number of hydrogen-bond donors (Lipinski definition) is 2. The number of rotatable bonds is 3. The van der Waals surface area contributed by atoms with Gasteiger partial charge in [-0.25, -0.2) is 4.98 Å². The summed E-state index contributed by atoms with van der Waals surface area (Å²) in [5.74, 6) is 0.0444. The van der Waals surface area contributed by atoms with Crippen LogP contribution in [0.25, 0.3) is 17.0 Å². The van der Waals surface area contributed by atoms with Crippen molar-refractivity contribution in [1.29, 1.82) is 0 Å². The van der Waals surface area contributed by atoms with Gasteiger partial charge in [0.2, 0.25) is 5.95 Å². The van der Waals surface area contributed by atoms with Crippen LogP contribution in [-0.2, 0) is 0 Å². The molecule has 4 rings (SSSR count). The standard InChI is InChI=1S/C19H15N5O2/c1-12-7-5-6-10-14(12)17(26)21-18-22-19-20-15(11-16(25)24(19)23-18)13-8-3-2-4-9-13/h2-11H,1H3,(H2,20,21,22,23,26). The number of aromatic amines is 1. The predicted octanol–water partition coefficient (Wildman–Crippen LogP) is 2.65. The Labute approximate surface area is 148 Å². The summed E-state index contributed by atoms with van der Waals surface area (Å²) in [4.78, 5) is 33.4. The molecule has 0 saturated carbocycles. The number of nitrogens with zero attached hydrogens (tertiary/aromatic N) is 3. The van der Waals surface area contributed by atoms with Crippen molar-refractivity contribution < 1.29 is 4.79 Å². The van der Waals surface area contributed by atoms with Crippen molar-refractivity contribution in [3.63, 3.8) is 0 Å². The molecule has 2 heterocycles. The van der Waals surface area contributed by atoms with Crippen molar-refractivity contribution in [2.45, 2.75) is 6.92 Å². The van der Waals surface area contributed by atoms with Crippen LogP contribution in [0.4, 0.5) is 5.95 Å². The molecule has 128 valence electrons. The first-order chi connectivity index (χ1) is 12.6. The van der Waals surface area contributed by atoms with Crippen molar-refractivity contribution >= 4 is 17.6 Å². The molecule has 0 atom stereocenters. The topological polar surface area (TPSA) is 92.2 Å². The minimum Gasteiger partial charge on any atom is -0.291 e. The number of hydrogen-bond acceptors (Lipinski definition) is 4. The molecule has 0 fully saturated rings. The Balaban J connectivity index is 1.70. The number of carbonyl (C=O) groups excluding carboxylic acids is 1. The summed E-state index contributed by atoms with van der Waals surface area (Å²) in [6.45, 7) is 1.85. The van der Waals surface area contributed by atoms with Crippen molar-refractivity contribution in [3.8, 4) is 11.3 Å². The number of aromatic nitrogens is 4. The summed E-state index contributed by atoms with van der Waals surface area (Å²) < 4.78 is 1.19. The van der Waals surface area contributed by atoms with Crippen LogP contribution < -0.4 is 10.9 Å². The smallest absolute Gasteiger partial charge is 0.274 e. The Morgan fingerprint density at radius 3 is 2.54 bits per heavy atom. The lowest BCUT2D eigenvalue weighted by Gasteiger charge is -2.04. The van der Waals surface area contributed by atoms with Gasteiger partial charge in [0.25, 0.3) is 17.2 Å². The summed E-state index contributed by atoms with van der Waals surface area (Å²) in [5.41, 5.74) is 2.43. The first-order valence-electron chi connectivity index (χ1n) is 8.04. The molecule has 2 aromatic carbocycles. The maximum absolute atomic E-state index is 12.4.